The van der Waals surface area contributed by atoms with E-state index in [9.17, 15) is 9.13 Å². The molecule has 0 aliphatic carbocycles. The van der Waals surface area contributed by atoms with Crippen molar-refractivity contribution in [3.8, 4) is 79.0 Å². The zero-order valence-corrected chi connectivity index (χ0v) is 40.4. The van der Waals surface area contributed by atoms with Gasteiger partial charge in [0.05, 0.1) is 0 Å². The smallest absolute Gasteiger partial charge is 0.389 e. The molecule has 0 amide bonds. The summed E-state index contributed by atoms with van der Waals surface area (Å²) in [6.07, 6.45) is 0. The van der Waals surface area contributed by atoms with Crippen molar-refractivity contribution in [2.45, 2.75) is 132 Å². The number of benzene rings is 5. The maximum atomic E-state index is 14.6. The topological polar surface area (TPSA) is 108 Å². The number of fused-ring (bicyclic) bond motifs is 6. The monoisotopic (exact) mass is 878 g/mol. The third kappa shape index (κ3) is 6.50. The van der Waals surface area contributed by atoms with E-state index in [2.05, 4.69) is 139 Å². The Morgan fingerprint density at radius 2 is 0.823 bits per heavy atom. The Balaban J connectivity index is 1.42. The summed E-state index contributed by atoms with van der Waals surface area (Å²) in [5, 5.41) is 0. The van der Waals surface area contributed by atoms with Crippen LogP contribution in [0.4, 0.5) is 0 Å². The molecule has 0 spiro atoms. The molecule has 5 aromatic rings. The first kappa shape index (κ1) is 42.6. The summed E-state index contributed by atoms with van der Waals surface area (Å²) in [5.41, 5.74) is 13.4. The van der Waals surface area contributed by atoms with E-state index in [1.807, 2.05) is 20.8 Å². The summed E-state index contributed by atoms with van der Waals surface area (Å²) < 4.78 is 63.9. The lowest BCUT2D eigenvalue weighted by atomic mass is 9.75. The molecular weight excluding hydrogens is 822 g/mol. The second kappa shape index (κ2) is 13.4. The van der Waals surface area contributed by atoms with Gasteiger partial charge in [0.1, 0.15) is 0 Å². The van der Waals surface area contributed by atoms with Gasteiger partial charge < -0.3 is 27.9 Å². The number of hydrogen-bond donors (Lipinski definition) is 0. The lowest BCUT2D eigenvalue weighted by molar-refractivity contribution is -0.124. The summed E-state index contributed by atoms with van der Waals surface area (Å²) in [6, 6.07) is 17.5. The van der Waals surface area contributed by atoms with Crippen LogP contribution in [0.1, 0.15) is 128 Å². The quantitative estimate of drug-likeness (QED) is 0.128. The normalized spacial score (nSPS) is 19.9. The Morgan fingerprint density at radius 3 is 1.32 bits per heavy atom. The van der Waals surface area contributed by atoms with Crippen LogP contribution < -0.4 is 27.9 Å². The molecular formula is C50H56O10P2. The van der Waals surface area contributed by atoms with E-state index in [-0.39, 0.29) is 50.4 Å². The molecule has 0 saturated carbocycles. The zero-order valence-electron chi connectivity index (χ0n) is 38.6. The van der Waals surface area contributed by atoms with Crippen LogP contribution in [-0.2, 0) is 40.1 Å². The average molecular weight is 879 g/mol. The van der Waals surface area contributed by atoms with Gasteiger partial charge in [-0.2, -0.15) is 0 Å². The van der Waals surface area contributed by atoms with E-state index in [0.717, 1.165) is 44.5 Å². The lowest BCUT2D eigenvalue weighted by Gasteiger charge is -2.30. The molecule has 4 aliphatic rings. The zero-order chi connectivity index (χ0) is 45.0. The van der Waals surface area contributed by atoms with Gasteiger partial charge in [0.15, 0.2) is 11.5 Å². The van der Waals surface area contributed by atoms with Crippen LogP contribution in [0.15, 0.2) is 48.5 Å². The number of rotatable bonds is 3. The maximum absolute atomic E-state index is 14.6. The van der Waals surface area contributed by atoms with Gasteiger partial charge in [0.2, 0.25) is 23.0 Å². The highest BCUT2D eigenvalue weighted by Gasteiger charge is 2.55. The standard InChI is InChI=1S/C50H56O10P2/c1-25-17-20-31(32-21-18-29(47(5,6)7)23-34(32)49(11,12)13)26(2)36(25)39-40-37-27(3)38(33-22-19-30(48(8,9)10)24-35(33)50(14,15)16)44-41(28(37)4)55-61(51,56-44)59-54-43(40)46-45-42(39)53-60-62(52,57-45)58-46/h17-24H,1-16H3. The Bertz CT molecular complexity index is 2900. The van der Waals surface area contributed by atoms with Gasteiger partial charge in [-0.1, -0.05) is 141 Å². The predicted octanol–water partition coefficient (Wildman–Crippen LogP) is 15.2. The van der Waals surface area contributed by atoms with E-state index >= 15 is 0 Å². The molecule has 2 unspecified atom stereocenters. The highest BCUT2D eigenvalue weighted by atomic mass is 31.2. The largest absolute Gasteiger partial charge is 0.625 e. The fourth-order valence-corrected chi connectivity index (χ4v) is 11.4. The molecule has 0 N–H and O–H groups in total. The molecule has 0 aromatic heterocycles. The Hall–Kier alpha value is -4.72. The summed E-state index contributed by atoms with van der Waals surface area (Å²) in [7, 11) is -8.76. The molecule has 9 rings (SSSR count). The molecule has 2 atom stereocenters. The molecule has 326 valence electrons. The average Bonchev–Trinajstić information content (AvgIpc) is 3.67. The third-order valence-electron chi connectivity index (χ3n) is 12.6. The van der Waals surface area contributed by atoms with Crippen molar-refractivity contribution in [3.05, 3.63) is 93.0 Å². The van der Waals surface area contributed by atoms with E-state index < -0.39 is 15.6 Å². The molecule has 0 fully saturated rings. The summed E-state index contributed by atoms with van der Waals surface area (Å²) in [6.45, 7) is 34.5. The summed E-state index contributed by atoms with van der Waals surface area (Å²) in [5.74, 6) is 0.612. The van der Waals surface area contributed by atoms with E-state index in [0.29, 0.717) is 33.6 Å². The van der Waals surface area contributed by atoms with Crippen molar-refractivity contribution in [1.82, 2.24) is 0 Å². The summed E-state index contributed by atoms with van der Waals surface area (Å²) >= 11 is 0. The minimum atomic E-state index is -4.47. The van der Waals surface area contributed by atoms with Crippen molar-refractivity contribution in [2.75, 3.05) is 0 Å². The SMILES string of the molecule is Cc1ccc(-c2ccc(C(C)(C)C)cc2C(C)(C)C)c(C)c1-c1c2c3c(c4c1-c1c(C)c5c(c(-c6ccc(C(C)(C)C)cc6C(C)(C)C)c1C)OP(=O)(OO4)O5)OP(=O)(OO2)O3. The molecule has 4 heterocycles. The van der Waals surface area contributed by atoms with Gasteiger partial charge in [-0.05, 0) is 116 Å². The van der Waals surface area contributed by atoms with Crippen LogP contribution in [0.5, 0.6) is 34.5 Å². The number of phosphoric acid groups is 2. The van der Waals surface area contributed by atoms with E-state index in [4.69, 9.17) is 37.2 Å². The van der Waals surface area contributed by atoms with Crippen molar-refractivity contribution >= 4 is 15.6 Å². The van der Waals surface area contributed by atoms with Crippen molar-refractivity contribution < 1.29 is 46.3 Å². The molecule has 5 bridgehead atoms. The predicted molar refractivity (Wildman–Crippen MR) is 243 cm³/mol. The van der Waals surface area contributed by atoms with Gasteiger partial charge in [0.25, 0.3) is 0 Å². The highest BCUT2D eigenvalue weighted by molar-refractivity contribution is 7.50. The number of aryl methyl sites for hydroxylation is 1. The van der Waals surface area contributed by atoms with Gasteiger partial charge in [-0.3, -0.25) is 0 Å². The molecule has 12 heteroatoms. The fourth-order valence-electron chi connectivity index (χ4n) is 9.28. The van der Waals surface area contributed by atoms with Gasteiger partial charge in [-0.15, -0.1) is 0 Å². The second-order valence-electron chi connectivity index (χ2n) is 21.3. The van der Waals surface area contributed by atoms with Crippen molar-refractivity contribution in [3.63, 3.8) is 0 Å². The third-order valence-corrected chi connectivity index (χ3v) is 14.7. The maximum Gasteiger partial charge on any atom is 0.625 e. The first-order chi connectivity index (χ1) is 28.6. The second-order valence-corrected chi connectivity index (χ2v) is 24.1. The fraction of sp³-hybridized carbons (Fsp3) is 0.400. The molecule has 62 heavy (non-hydrogen) atoms. The van der Waals surface area contributed by atoms with Crippen LogP contribution >= 0.6 is 15.6 Å². The highest BCUT2D eigenvalue weighted by Crippen LogP contribution is 2.75. The van der Waals surface area contributed by atoms with Crippen LogP contribution in [0.2, 0.25) is 0 Å². The van der Waals surface area contributed by atoms with Gasteiger partial charge in [-0.25, -0.2) is 9.13 Å². The number of hydrogen-bond acceptors (Lipinski definition) is 10. The van der Waals surface area contributed by atoms with E-state index in [1.165, 1.54) is 16.7 Å². The van der Waals surface area contributed by atoms with E-state index in [1.54, 1.807) is 0 Å². The molecule has 0 saturated heterocycles. The molecule has 5 aromatic carbocycles. The minimum absolute atomic E-state index is 0.0131. The van der Waals surface area contributed by atoms with Crippen LogP contribution in [0.3, 0.4) is 0 Å². The van der Waals surface area contributed by atoms with Crippen molar-refractivity contribution in [1.29, 1.82) is 0 Å². The van der Waals surface area contributed by atoms with Gasteiger partial charge >= 0.3 is 15.6 Å². The summed E-state index contributed by atoms with van der Waals surface area (Å²) in [4.78, 5) is 12.2. The molecule has 0 radical (unpaired) electrons. The lowest BCUT2D eigenvalue weighted by Crippen LogP contribution is -2.17. The van der Waals surface area contributed by atoms with Gasteiger partial charge in [0, 0.05) is 22.3 Å². The molecule has 10 nitrogen and oxygen atoms in total. The van der Waals surface area contributed by atoms with Crippen LogP contribution in [-0.4, -0.2) is 0 Å². The number of phosphoric ester groups is 2. The Labute approximate surface area is 365 Å². The van der Waals surface area contributed by atoms with Crippen LogP contribution in [0, 0.1) is 27.7 Å². The minimum Gasteiger partial charge on any atom is -0.389 e. The molecule has 4 aliphatic heterocycles. The Kier molecular flexibility index (Phi) is 9.20. The van der Waals surface area contributed by atoms with Crippen LogP contribution in [0.25, 0.3) is 44.5 Å². The first-order valence-corrected chi connectivity index (χ1v) is 24.1. The van der Waals surface area contributed by atoms with Crippen molar-refractivity contribution in [2.24, 2.45) is 0 Å². The first-order valence-electron chi connectivity index (χ1n) is 21.2. The Morgan fingerprint density at radius 1 is 0.387 bits per heavy atom.